The third-order valence-corrected chi connectivity index (χ3v) is 4.33. The Morgan fingerprint density at radius 3 is 2.16 bits per heavy atom. The summed E-state index contributed by atoms with van der Waals surface area (Å²) in [4.78, 5) is 12.0. The second-order valence-electron chi connectivity index (χ2n) is 7.40. The van der Waals surface area contributed by atoms with Gasteiger partial charge in [-0.2, -0.15) is 0 Å². The fourth-order valence-corrected chi connectivity index (χ4v) is 2.55. The van der Waals surface area contributed by atoms with Crippen molar-refractivity contribution < 1.29 is 9.53 Å². The van der Waals surface area contributed by atoms with Crippen LogP contribution in [-0.2, 0) is 5.41 Å². The van der Waals surface area contributed by atoms with E-state index >= 15 is 0 Å². The molecule has 2 rings (SSSR count). The third-order valence-electron chi connectivity index (χ3n) is 4.33. The van der Waals surface area contributed by atoms with Gasteiger partial charge in [-0.1, -0.05) is 45.0 Å². The molecule has 0 aliphatic carbocycles. The number of urea groups is 1. The fraction of sp³-hybridized carbons (Fsp3) is 0.381. The Kier molecular flexibility index (Phi) is 5.73. The van der Waals surface area contributed by atoms with E-state index in [9.17, 15) is 4.79 Å². The Morgan fingerprint density at radius 1 is 0.960 bits per heavy atom. The van der Waals surface area contributed by atoms with Gasteiger partial charge in [0.15, 0.2) is 6.73 Å². The van der Waals surface area contributed by atoms with E-state index in [0.29, 0.717) is 0 Å². The zero-order valence-electron chi connectivity index (χ0n) is 16.0. The van der Waals surface area contributed by atoms with Crippen molar-refractivity contribution in [1.82, 2.24) is 5.32 Å². The molecule has 0 radical (unpaired) electrons. The molecule has 0 aliphatic rings. The van der Waals surface area contributed by atoms with Crippen molar-refractivity contribution in [2.45, 2.75) is 47.0 Å². The molecule has 4 nitrogen and oxygen atoms in total. The highest BCUT2D eigenvalue weighted by Crippen LogP contribution is 2.25. The van der Waals surface area contributed by atoms with Gasteiger partial charge in [0.25, 0.3) is 0 Å². The molecule has 0 saturated carbocycles. The molecule has 134 valence electrons. The van der Waals surface area contributed by atoms with E-state index in [-0.39, 0.29) is 18.2 Å². The largest absolute Gasteiger partial charge is 0.473 e. The van der Waals surface area contributed by atoms with Crippen LogP contribution in [0.1, 0.15) is 43.0 Å². The van der Waals surface area contributed by atoms with Crippen molar-refractivity contribution in [3.63, 3.8) is 0 Å². The number of hydrogen-bond acceptors (Lipinski definition) is 2. The van der Waals surface area contributed by atoms with Gasteiger partial charge in [0.2, 0.25) is 0 Å². The SMILES string of the molecule is Cc1ccc(C)c(OCNC(=O)Nc2ccc(C(C)(C)C)cc2)c1C. The average molecular weight is 340 g/mol. The summed E-state index contributed by atoms with van der Waals surface area (Å²) in [5, 5.41) is 5.54. The zero-order chi connectivity index (χ0) is 18.6. The van der Waals surface area contributed by atoms with Crippen molar-refractivity contribution in [1.29, 1.82) is 0 Å². The van der Waals surface area contributed by atoms with Crippen molar-refractivity contribution in [2.24, 2.45) is 0 Å². The van der Waals surface area contributed by atoms with Crippen LogP contribution in [0.4, 0.5) is 10.5 Å². The molecular weight excluding hydrogens is 312 g/mol. The van der Waals surface area contributed by atoms with Gasteiger partial charge in [0.1, 0.15) is 5.75 Å². The third kappa shape index (κ3) is 4.99. The molecule has 2 aromatic carbocycles. The highest BCUT2D eigenvalue weighted by Gasteiger charge is 2.13. The minimum absolute atomic E-state index is 0.0954. The van der Waals surface area contributed by atoms with E-state index in [1.807, 2.05) is 51.1 Å². The maximum atomic E-state index is 12.0. The van der Waals surface area contributed by atoms with Crippen LogP contribution in [-0.4, -0.2) is 12.8 Å². The average Bonchev–Trinajstić information content (AvgIpc) is 2.54. The number of carbonyl (C=O) groups excluding carboxylic acids is 1. The maximum Gasteiger partial charge on any atom is 0.321 e. The van der Waals surface area contributed by atoms with Crippen molar-refractivity contribution in [2.75, 3.05) is 12.0 Å². The molecule has 0 spiro atoms. The first-order valence-corrected chi connectivity index (χ1v) is 8.53. The number of rotatable bonds is 4. The van der Waals surface area contributed by atoms with E-state index < -0.39 is 0 Å². The lowest BCUT2D eigenvalue weighted by Gasteiger charge is -2.19. The lowest BCUT2D eigenvalue weighted by molar-refractivity contribution is 0.234. The maximum absolute atomic E-state index is 12.0. The number of amides is 2. The van der Waals surface area contributed by atoms with Crippen LogP contribution in [0, 0.1) is 20.8 Å². The predicted octanol–water partition coefficient (Wildman–Crippen LogP) is 5.07. The standard InChI is InChI=1S/C21H28N2O2/c1-14-7-8-15(2)19(16(14)3)25-13-22-20(24)23-18-11-9-17(10-12-18)21(4,5)6/h7-12H,13H2,1-6H3,(H2,22,23,24). The molecule has 0 fully saturated rings. The quantitative estimate of drug-likeness (QED) is 0.764. The fourth-order valence-electron chi connectivity index (χ4n) is 2.55. The molecule has 0 aliphatic heterocycles. The Balaban J connectivity index is 1.88. The minimum atomic E-state index is -0.286. The van der Waals surface area contributed by atoms with Gasteiger partial charge < -0.3 is 15.4 Å². The lowest BCUT2D eigenvalue weighted by Crippen LogP contribution is -2.32. The molecule has 4 heteroatoms. The van der Waals surface area contributed by atoms with E-state index in [2.05, 4.69) is 37.5 Å². The Morgan fingerprint density at radius 2 is 1.56 bits per heavy atom. The summed E-state index contributed by atoms with van der Waals surface area (Å²) < 4.78 is 5.75. The van der Waals surface area contributed by atoms with Gasteiger partial charge in [-0.25, -0.2) is 4.79 Å². The van der Waals surface area contributed by atoms with Crippen LogP contribution in [0.2, 0.25) is 0 Å². The molecule has 25 heavy (non-hydrogen) atoms. The molecule has 0 unspecified atom stereocenters. The number of nitrogens with one attached hydrogen (secondary N) is 2. The summed E-state index contributed by atoms with van der Waals surface area (Å²) in [6, 6.07) is 11.7. The van der Waals surface area contributed by atoms with Crippen molar-refractivity contribution >= 4 is 11.7 Å². The normalized spacial score (nSPS) is 11.1. The summed E-state index contributed by atoms with van der Waals surface area (Å²) in [6.07, 6.45) is 0. The highest BCUT2D eigenvalue weighted by atomic mass is 16.5. The molecule has 0 bridgehead atoms. The van der Waals surface area contributed by atoms with Gasteiger partial charge >= 0.3 is 6.03 Å². The first-order chi connectivity index (χ1) is 11.7. The van der Waals surface area contributed by atoms with Crippen molar-refractivity contribution in [3.05, 3.63) is 58.7 Å². The number of benzene rings is 2. The molecule has 0 saturated heterocycles. The van der Waals surface area contributed by atoms with Gasteiger partial charge in [0, 0.05) is 5.69 Å². The van der Waals surface area contributed by atoms with Gasteiger partial charge in [-0.3, -0.25) is 0 Å². The van der Waals surface area contributed by atoms with Crippen LogP contribution < -0.4 is 15.4 Å². The van der Waals surface area contributed by atoms with E-state index in [4.69, 9.17) is 4.74 Å². The molecule has 2 amide bonds. The second kappa shape index (κ2) is 7.60. The van der Waals surface area contributed by atoms with Crippen LogP contribution in [0.3, 0.4) is 0 Å². The first kappa shape index (κ1) is 18.8. The van der Waals surface area contributed by atoms with Gasteiger partial charge in [-0.05, 0) is 60.6 Å². The van der Waals surface area contributed by atoms with Gasteiger partial charge in [0.05, 0.1) is 0 Å². The number of ether oxygens (including phenoxy) is 1. The Hall–Kier alpha value is -2.49. The van der Waals surface area contributed by atoms with Crippen LogP contribution in [0.25, 0.3) is 0 Å². The van der Waals surface area contributed by atoms with Crippen LogP contribution >= 0.6 is 0 Å². The van der Waals surface area contributed by atoms with E-state index in [0.717, 1.165) is 22.6 Å². The topological polar surface area (TPSA) is 50.4 Å². The summed E-state index contributed by atoms with van der Waals surface area (Å²) >= 11 is 0. The molecule has 2 aromatic rings. The van der Waals surface area contributed by atoms with Crippen LogP contribution in [0.5, 0.6) is 5.75 Å². The highest BCUT2D eigenvalue weighted by molar-refractivity contribution is 5.89. The molecule has 0 aromatic heterocycles. The number of hydrogen-bond donors (Lipinski definition) is 2. The molecular formula is C21H28N2O2. The first-order valence-electron chi connectivity index (χ1n) is 8.53. The number of aryl methyl sites for hydroxylation is 2. The zero-order valence-corrected chi connectivity index (χ0v) is 16.0. The predicted molar refractivity (Wildman–Crippen MR) is 103 cm³/mol. The summed E-state index contributed by atoms with van der Waals surface area (Å²) in [6.45, 7) is 12.7. The lowest BCUT2D eigenvalue weighted by atomic mass is 9.87. The molecule has 0 heterocycles. The molecule has 0 atom stereocenters. The summed E-state index contributed by atoms with van der Waals surface area (Å²) in [7, 11) is 0. The van der Waals surface area contributed by atoms with E-state index in [1.54, 1.807) is 0 Å². The monoisotopic (exact) mass is 340 g/mol. The Bertz CT molecular complexity index is 744. The van der Waals surface area contributed by atoms with Gasteiger partial charge in [-0.15, -0.1) is 0 Å². The second-order valence-corrected chi connectivity index (χ2v) is 7.40. The molecule has 2 N–H and O–H groups in total. The number of anilines is 1. The minimum Gasteiger partial charge on any atom is -0.473 e. The number of carbonyl (C=O) groups is 1. The smallest absolute Gasteiger partial charge is 0.321 e. The summed E-state index contributed by atoms with van der Waals surface area (Å²) in [5.74, 6) is 0.829. The van der Waals surface area contributed by atoms with E-state index in [1.165, 1.54) is 11.1 Å². The Labute approximate surface area is 150 Å². The van der Waals surface area contributed by atoms with Crippen LogP contribution in [0.15, 0.2) is 36.4 Å². The van der Waals surface area contributed by atoms with Crippen molar-refractivity contribution in [3.8, 4) is 5.75 Å². The summed E-state index contributed by atoms with van der Waals surface area (Å²) in [5.41, 5.74) is 5.41.